The van der Waals surface area contributed by atoms with Crippen molar-refractivity contribution in [3.05, 3.63) is 11.6 Å². The molecule has 0 unspecified atom stereocenters. The van der Waals surface area contributed by atoms with E-state index in [1.54, 1.807) is 0 Å². The highest BCUT2D eigenvalue weighted by atomic mass is 16.8. The van der Waals surface area contributed by atoms with Crippen LogP contribution in [0.25, 0.3) is 0 Å². The van der Waals surface area contributed by atoms with Crippen LogP contribution in [0.15, 0.2) is 11.6 Å². The molecule has 0 amide bonds. The average Bonchev–Trinajstić information content (AvgIpc) is 3.28. The quantitative estimate of drug-likeness (QED) is 0.0803. The minimum absolute atomic E-state index is 0.0214. The first-order chi connectivity index (χ1) is 32.1. The van der Waals surface area contributed by atoms with Gasteiger partial charge in [-0.15, -0.1) is 0 Å². The number of ether oxygens (including phenoxy) is 6. The zero-order valence-electron chi connectivity index (χ0n) is 40.5. The summed E-state index contributed by atoms with van der Waals surface area (Å²) in [6, 6.07) is 0. The lowest BCUT2D eigenvalue weighted by Crippen LogP contribution is -2.71. The second-order valence-corrected chi connectivity index (χ2v) is 23.8. The van der Waals surface area contributed by atoms with Crippen molar-refractivity contribution in [1.29, 1.82) is 0 Å². The zero-order valence-corrected chi connectivity index (χ0v) is 40.5. The molecule has 3 aliphatic heterocycles. The van der Waals surface area contributed by atoms with E-state index in [9.17, 15) is 76.3 Å². The molecule has 0 aromatic rings. The van der Waals surface area contributed by atoms with Crippen LogP contribution in [-0.4, -0.2) is 214 Å². The van der Waals surface area contributed by atoms with Crippen molar-refractivity contribution in [1.82, 2.24) is 0 Å². The Bertz CT molecular complexity index is 1900. The first-order valence-electron chi connectivity index (χ1n) is 24.6. The van der Waals surface area contributed by atoms with Gasteiger partial charge in [0.25, 0.3) is 0 Å². The molecule has 3 heterocycles. The Morgan fingerprint density at radius 3 is 1.74 bits per heavy atom. The molecule has 7 fully saturated rings. The maximum atomic E-state index is 13.0. The Morgan fingerprint density at radius 1 is 0.638 bits per heavy atom. The van der Waals surface area contributed by atoms with Crippen LogP contribution in [0, 0.1) is 50.2 Å². The van der Waals surface area contributed by atoms with Crippen molar-refractivity contribution in [3.8, 4) is 0 Å². The molecule has 8 rings (SSSR count). The highest BCUT2D eigenvalue weighted by Gasteiger charge is 2.72. The zero-order chi connectivity index (χ0) is 50.9. The molecule has 3 saturated heterocycles. The van der Waals surface area contributed by atoms with Gasteiger partial charge < -0.3 is 99.9 Å². The smallest absolute Gasteiger partial charge is 0.335 e. The Kier molecular flexibility index (Phi) is 14.5. The van der Waals surface area contributed by atoms with E-state index in [0.717, 1.165) is 12.0 Å². The molecule has 0 aromatic heterocycles. The van der Waals surface area contributed by atoms with Gasteiger partial charge in [0.05, 0.1) is 49.7 Å². The van der Waals surface area contributed by atoms with Gasteiger partial charge in [0, 0.05) is 0 Å². The lowest BCUT2D eigenvalue weighted by Gasteiger charge is -2.72. The van der Waals surface area contributed by atoms with Crippen LogP contribution in [0.4, 0.5) is 0 Å². The monoisotopic (exact) mass is 991 g/mol. The highest BCUT2D eigenvalue weighted by Crippen LogP contribution is 2.76. The van der Waals surface area contributed by atoms with E-state index in [-0.39, 0.29) is 35.0 Å². The minimum atomic E-state index is -2.09. The summed E-state index contributed by atoms with van der Waals surface area (Å²) in [7, 11) is 0. The second-order valence-electron chi connectivity index (χ2n) is 23.8. The Balaban J connectivity index is 1.09. The molecule has 21 nitrogen and oxygen atoms in total. The van der Waals surface area contributed by atoms with Crippen LogP contribution in [0.1, 0.15) is 93.4 Å². The molecule has 0 spiro atoms. The van der Waals surface area contributed by atoms with E-state index >= 15 is 0 Å². The fourth-order valence-corrected chi connectivity index (χ4v) is 15.4. The molecule has 396 valence electrons. The number of aliphatic hydroxyl groups is 13. The van der Waals surface area contributed by atoms with Gasteiger partial charge in [0.15, 0.2) is 25.0 Å². The number of carbonyl (C=O) groups is 1. The predicted molar refractivity (Wildman–Crippen MR) is 235 cm³/mol. The number of aliphatic hydroxyl groups excluding tert-OH is 13. The molecule has 21 heteroatoms. The van der Waals surface area contributed by atoms with Crippen molar-refractivity contribution >= 4 is 5.97 Å². The van der Waals surface area contributed by atoms with Crippen molar-refractivity contribution in [3.63, 3.8) is 0 Å². The van der Waals surface area contributed by atoms with Gasteiger partial charge >= 0.3 is 5.97 Å². The number of allylic oxidation sites excluding steroid dienone is 2. The number of hydrogen-bond acceptors (Lipinski definition) is 20. The summed E-state index contributed by atoms with van der Waals surface area (Å²) >= 11 is 0. The number of fused-ring (bicyclic) bond motifs is 7. The van der Waals surface area contributed by atoms with Gasteiger partial charge in [-0.2, -0.15) is 0 Å². The van der Waals surface area contributed by atoms with Crippen LogP contribution < -0.4 is 0 Å². The molecule has 14 N–H and O–H groups in total. The first kappa shape index (κ1) is 53.7. The Labute approximate surface area is 401 Å². The van der Waals surface area contributed by atoms with Crippen molar-refractivity contribution in [2.45, 2.75) is 210 Å². The lowest BCUT2D eigenvalue weighted by molar-refractivity contribution is -0.391. The SMILES string of the molecule is CC1(C)C[C@H]2C3=CC[C@@H]4[C@@]5(C)CC[C@H](O[C@@H]6O[C@H](C(=O)O)[C@@H](O[C@@H]7O[C@H](CO)[C@@H](O)[C@H](O)[C@H]7O)[C@H](O)[C@H]6O[C@@H]6O[C@H](CO)[C@H](O)[C@H](O)[C@H]6O)C(C)(C)[C@@H]5CC[C@@]4(C)[C@]3(C)C[C@@H](O)[C@@]2(CO)[C@@H](O)[C@@H]1O. The van der Waals surface area contributed by atoms with Crippen molar-refractivity contribution in [2.75, 3.05) is 19.8 Å². The molecular formula is C48H78O21. The number of rotatable bonds is 10. The Morgan fingerprint density at radius 2 is 1.20 bits per heavy atom. The summed E-state index contributed by atoms with van der Waals surface area (Å²) in [6.07, 6.45) is -25.9. The maximum absolute atomic E-state index is 13.0. The summed E-state index contributed by atoms with van der Waals surface area (Å²) in [4.78, 5) is 13.0. The van der Waals surface area contributed by atoms with Crippen LogP contribution in [0.2, 0.25) is 0 Å². The molecule has 5 aliphatic carbocycles. The third kappa shape index (κ3) is 8.03. The summed E-state index contributed by atoms with van der Waals surface area (Å²) in [5.74, 6) is -1.97. The van der Waals surface area contributed by atoms with Gasteiger partial charge in [-0.1, -0.05) is 60.1 Å². The van der Waals surface area contributed by atoms with Gasteiger partial charge in [-0.05, 0) is 89.8 Å². The summed E-state index contributed by atoms with van der Waals surface area (Å²) < 4.78 is 35.9. The molecule has 8 aliphatic rings. The molecule has 69 heavy (non-hydrogen) atoms. The fourth-order valence-electron chi connectivity index (χ4n) is 15.4. The highest BCUT2D eigenvalue weighted by molar-refractivity contribution is 5.73. The molecular weight excluding hydrogens is 913 g/mol. The van der Waals surface area contributed by atoms with Gasteiger partial charge in [0.2, 0.25) is 0 Å². The number of carboxylic acids is 1. The normalized spacial score (nSPS) is 54.8. The van der Waals surface area contributed by atoms with E-state index in [1.165, 1.54) is 0 Å². The number of carboxylic acid groups (broad SMARTS) is 1. The van der Waals surface area contributed by atoms with E-state index in [0.29, 0.717) is 32.1 Å². The van der Waals surface area contributed by atoms with E-state index < -0.39 is 164 Å². The van der Waals surface area contributed by atoms with Crippen LogP contribution in [0.5, 0.6) is 0 Å². The number of hydrogen-bond donors (Lipinski definition) is 14. The predicted octanol–water partition coefficient (Wildman–Crippen LogP) is -2.38. The maximum Gasteiger partial charge on any atom is 0.335 e. The molecule has 0 bridgehead atoms. The van der Waals surface area contributed by atoms with Gasteiger partial charge in [-0.3, -0.25) is 0 Å². The van der Waals surface area contributed by atoms with Crippen molar-refractivity contribution < 1.29 is 105 Å². The minimum Gasteiger partial charge on any atom is -0.479 e. The largest absolute Gasteiger partial charge is 0.479 e. The van der Waals surface area contributed by atoms with Crippen LogP contribution >= 0.6 is 0 Å². The second kappa shape index (κ2) is 18.7. The first-order valence-corrected chi connectivity index (χ1v) is 24.6. The molecule has 4 saturated carbocycles. The van der Waals surface area contributed by atoms with Gasteiger partial charge in [-0.25, -0.2) is 4.79 Å². The fraction of sp³-hybridized carbons (Fsp3) is 0.938. The third-order valence-electron chi connectivity index (χ3n) is 19.7. The molecule has 0 aromatic carbocycles. The number of aliphatic carboxylic acids is 1. The van der Waals surface area contributed by atoms with Gasteiger partial charge in [0.1, 0.15) is 67.1 Å². The summed E-state index contributed by atoms with van der Waals surface area (Å²) in [5.41, 5.74) is -2.81. The van der Waals surface area contributed by atoms with Crippen molar-refractivity contribution in [2.24, 2.45) is 50.2 Å². The molecule has 26 atom stereocenters. The Hall–Kier alpha value is -1.55. The van der Waals surface area contributed by atoms with Crippen LogP contribution in [-0.2, 0) is 33.2 Å². The molecule has 0 radical (unpaired) electrons. The topological polar surface area (TPSA) is 356 Å². The van der Waals surface area contributed by atoms with Crippen LogP contribution in [0.3, 0.4) is 0 Å². The summed E-state index contributed by atoms with van der Waals surface area (Å²) in [5, 5.41) is 152. The van der Waals surface area contributed by atoms with E-state index in [4.69, 9.17) is 28.4 Å². The van der Waals surface area contributed by atoms with E-state index in [2.05, 4.69) is 40.7 Å². The van der Waals surface area contributed by atoms with E-state index in [1.807, 2.05) is 13.8 Å². The average molecular weight is 991 g/mol. The standard InChI is InChI=1S/C48H78O21/c1-43(2)14-20-19-8-9-24-45(5)12-11-26(44(3,4)23(45)10-13-46(24,6)47(19,7)15-25(52)48(20,18-51)38(61)37(43)60)66-42-35(68-41-32(58)30(56)28(54)22(17-50)65-41)33(59)34(36(69-42)39(62)63)67-40-31(57)29(55)27(53)21(16-49)64-40/h8,20-38,40-42,49-61H,9-18H2,1-7H3,(H,62,63)/t20-,21+,22+,23-,24+,25+,26-,27+,28-,29-,30-,31+,32+,33-,34-,35+,36-,37-,38-,40-,41-,42+,45-,46+,47+,48-/m0/s1. The lowest BCUT2D eigenvalue weighted by atomic mass is 9.33. The summed E-state index contributed by atoms with van der Waals surface area (Å²) in [6.45, 7) is 12.6. The third-order valence-corrected chi connectivity index (χ3v) is 19.7.